The van der Waals surface area contributed by atoms with Crippen LogP contribution in [0.25, 0.3) is 0 Å². The highest BCUT2D eigenvalue weighted by molar-refractivity contribution is 5.04. The fraction of sp³-hybridized carbons (Fsp3) is 0.500. The molecular weight excluding hydrogens is 214 g/mol. The maximum atomic E-state index is 4.40. The highest BCUT2D eigenvalue weighted by Crippen LogP contribution is 2.15. The SMILES string of the molecule is CCn1ccnc1CC(NC)c1nccn1C. The van der Waals surface area contributed by atoms with Gasteiger partial charge >= 0.3 is 0 Å². The molecular formula is C12H19N5. The fourth-order valence-corrected chi connectivity index (χ4v) is 2.04. The molecule has 1 unspecified atom stereocenters. The van der Waals surface area contributed by atoms with Gasteiger partial charge in [-0.05, 0) is 14.0 Å². The smallest absolute Gasteiger partial charge is 0.126 e. The van der Waals surface area contributed by atoms with Crippen LogP contribution in [0.3, 0.4) is 0 Å². The largest absolute Gasteiger partial charge is 0.337 e. The minimum absolute atomic E-state index is 0.197. The predicted octanol–water partition coefficient (Wildman–Crippen LogP) is 1.14. The molecule has 2 aromatic heterocycles. The van der Waals surface area contributed by atoms with Gasteiger partial charge < -0.3 is 14.5 Å². The van der Waals surface area contributed by atoms with Gasteiger partial charge in [0.2, 0.25) is 0 Å². The fourth-order valence-electron chi connectivity index (χ4n) is 2.04. The highest BCUT2D eigenvalue weighted by atomic mass is 15.1. The van der Waals surface area contributed by atoms with Crippen molar-refractivity contribution in [2.45, 2.75) is 25.9 Å². The summed E-state index contributed by atoms with van der Waals surface area (Å²) in [5.41, 5.74) is 0. The van der Waals surface area contributed by atoms with E-state index >= 15 is 0 Å². The zero-order chi connectivity index (χ0) is 12.3. The Kier molecular flexibility index (Phi) is 3.58. The van der Waals surface area contributed by atoms with Gasteiger partial charge in [-0.1, -0.05) is 0 Å². The van der Waals surface area contributed by atoms with Gasteiger partial charge in [-0.2, -0.15) is 0 Å². The van der Waals surface area contributed by atoms with Crippen molar-refractivity contribution < 1.29 is 0 Å². The Hall–Kier alpha value is -1.62. The monoisotopic (exact) mass is 233 g/mol. The van der Waals surface area contributed by atoms with Gasteiger partial charge in [-0.3, -0.25) is 0 Å². The molecule has 2 heterocycles. The predicted molar refractivity (Wildman–Crippen MR) is 66.6 cm³/mol. The van der Waals surface area contributed by atoms with E-state index in [-0.39, 0.29) is 6.04 Å². The van der Waals surface area contributed by atoms with E-state index in [1.54, 1.807) is 0 Å². The molecule has 0 saturated carbocycles. The van der Waals surface area contributed by atoms with Crippen LogP contribution in [0.4, 0.5) is 0 Å². The number of hydrogen-bond donors (Lipinski definition) is 1. The van der Waals surface area contributed by atoms with Crippen molar-refractivity contribution in [1.82, 2.24) is 24.4 Å². The van der Waals surface area contributed by atoms with E-state index in [0.29, 0.717) is 0 Å². The maximum absolute atomic E-state index is 4.40. The number of rotatable bonds is 5. The van der Waals surface area contributed by atoms with E-state index in [1.807, 2.05) is 43.4 Å². The van der Waals surface area contributed by atoms with Gasteiger partial charge in [-0.15, -0.1) is 0 Å². The van der Waals surface area contributed by atoms with Crippen LogP contribution in [-0.2, 0) is 20.0 Å². The maximum Gasteiger partial charge on any atom is 0.126 e. The molecule has 0 aliphatic heterocycles. The quantitative estimate of drug-likeness (QED) is 0.842. The standard InChI is InChI=1S/C12H19N5/c1-4-17-8-6-14-11(17)9-10(13-2)12-15-5-7-16(12)3/h5-8,10,13H,4,9H2,1-3H3. The number of aryl methyl sites for hydroxylation is 2. The summed E-state index contributed by atoms with van der Waals surface area (Å²) >= 11 is 0. The summed E-state index contributed by atoms with van der Waals surface area (Å²) in [5, 5.41) is 3.30. The van der Waals surface area contributed by atoms with Crippen molar-refractivity contribution in [3.8, 4) is 0 Å². The van der Waals surface area contributed by atoms with Crippen LogP contribution in [0.1, 0.15) is 24.6 Å². The van der Waals surface area contributed by atoms with Crippen molar-refractivity contribution in [2.75, 3.05) is 7.05 Å². The highest BCUT2D eigenvalue weighted by Gasteiger charge is 2.16. The van der Waals surface area contributed by atoms with Gasteiger partial charge in [0.05, 0.1) is 6.04 Å². The lowest BCUT2D eigenvalue weighted by atomic mass is 10.2. The third-order valence-electron chi connectivity index (χ3n) is 3.05. The van der Waals surface area contributed by atoms with Crippen molar-refractivity contribution in [2.24, 2.45) is 7.05 Å². The van der Waals surface area contributed by atoms with E-state index in [1.165, 1.54) is 0 Å². The van der Waals surface area contributed by atoms with Crippen LogP contribution >= 0.6 is 0 Å². The van der Waals surface area contributed by atoms with Gasteiger partial charge in [0.1, 0.15) is 11.6 Å². The normalized spacial score (nSPS) is 12.9. The van der Waals surface area contributed by atoms with Crippen molar-refractivity contribution in [3.05, 3.63) is 36.4 Å². The van der Waals surface area contributed by atoms with Gasteiger partial charge in [0.25, 0.3) is 0 Å². The van der Waals surface area contributed by atoms with Crippen molar-refractivity contribution >= 4 is 0 Å². The van der Waals surface area contributed by atoms with Crippen LogP contribution in [0.2, 0.25) is 0 Å². The second-order valence-electron chi connectivity index (χ2n) is 4.07. The number of likely N-dealkylation sites (N-methyl/N-ethyl adjacent to an activating group) is 1. The van der Waals surface area contributed by atoms with Gasteiger partial charge in [0, 0.05) is 44.8 Å². The Morgan fingerprint density at radius 3 is 2.65 bits per heavy atom. The van der Waals surface area contributed by atoms with Crippen LogP contribution < -0.4 is 5.32 Å². The Morgan fingerprint density at radius 1 is 1.29 bits per heavy atom. The number of aromatic nitrogens is 4. The molecule has 0 fully saturated rings. The molecule has 0 radical (unpaired) electrons. The molecule has 17 heavy (non-hydrogen) atoms. The van der Waals surface area contributed by atoms with E-state index < -0.39 is 0 Å². The summed E-state index contributed by atoms with van der Waals surface area (Å²) in [6.07, 6.45) is 8.50. The Morgan fingerprint density at radius 2 is 2.06 bits per heavy atom. The third kappa shape index (κ3) is 2.39. The number of imidazole rings is 2. The summed E-state index contributed by atoms with van der Waals surface area (Å²) in [6, 6.07) is 0.197. The van der Waals surface area contributed by atoms with Crippen LogP contribution in [0.5, 0.6) is 0 Å². The van der Waals surface area contributed by atoms with Crippen LogP contribution in [0, 0.1) is 0 Å². The molecule has 2 aromatic rings. The molecule has 92 valence electrons. The average molecular weight is 233 g/mol. The molecule has 0 aliphatic rings. The first-order valence-electron chi connectivity index (χ1n) is 5.90. The second-order valence-corrected chi connectivity index (χ2v) is 4.07. The molecule has 5 nitrogen and oxygen atoms in total. The molecule has 0 aliphatic carbocycles. The lowest BCUT2D eigenvalue weighted by molar-refractivity contribution is 0.512. The molecule has 2 rings (SSSR count). The molecule has 0 spiro atoms. The number of nitrogens with one attached hydrogen (secondary N) is 1. The summed E-state index contributed by atoms with van der Waals surface area (Å²) < 4.78 is 4.20. The van der Waals surface area contributed by atoms with E-state index in [4.69, 9.17) is 0 Å². The molecule has 1 N–H and O–H groups in total. The lowest BCUT2D eigenvalue weighted by Crippen LogP contribution is -2.23. The molecule has 0 amide bonds. The number of hydrogen-bond acceptors (Lipinski definition) is 3. The van der Waals surface area contributed by atoms with E-state index in [0.717, 1.165) is 24.6 Å². The summed E-state index contributed by atoms with van der Waals surface area (Å²) in [6.45, 7) is 3.08. The van der Waals surface area contributed by atoms with Gasteiger partial charge in [0.15, 0.2) is 0 Å². The lowest BCUT2D eigenvalue weighted by Gasteiger charge is -2.16. The third-order valence-corrected chi connectivity index (χ3v) is 3.05. The molecule has 0 aromatic carbocycles. The summed E-state index contributed by atoms with van der Waals surface area (Å²) in [5.74, 6) is 2.13. The second kappa shape index (κ2) is 5.14. The minimum Gasteiger partial charge on any atom is -0.337 e. The minimum atomic E-state index is 0.197. The Balaban J connectivity index is 2.19. The summed E-state index contributed by atoms with van der Waals surface area (Å²) in [7, 11) is 3.97. The zero-order valence-corrected chi connectivity index (χ0v) is 10.6. The zero-order valence-electron chi connectivity index (χ0n) is 10.6. The Bertz CT molecular complexity index is 471. The van der Waals surface area contributed by atoms with Crippen LogP contribution in [0.15, 0.2) is 24.8 Å². The van der Waals surface area contributed by atoms with Crippen LogP contribution in [-0.4, -0.2) is 26.1 Å². The van der Waals surface area contributed by atoms with Crippen molar-refractivity contribution in [1.29, 1.82) is 0 Å². The average Bonchev–Trinajstić information content (AvgIpc) is 2.94. The van der Waals surface area contributed by atoms with Crippen molar-refractivity contribution in [3.63, 3.8) is 0 Å². The number of nitrogens with zero attached hydrogens (tertiary/aromatic N) is 4. The molecule has 1 atom stereocenters. The molecule has 0 saturated heterocycles. The topological polar surface area (TPSA) is 47.7 Å². The first kappa shape index (κ1) is 11.9. The first-order chi connectivity index (χ1) is 8.26. The Labute approximate surface area is 102 Å². The summed E-state index contributed by atoms with van der Waals surface area (Å²) in [4.78, 5) is 8.79. The van der Waals surface area contributed by atoms with E-state index in [9.17, 15) is 0 Å². The van der Waals surface area contributed by atoms with Gasteiger partial charge in [-0.25, -0.2) is 9.97 Å². The molecule has 5 heteroatoms. The van der Waals surface area contributed by atoms with E-state index in [2.05, 4.69) is 26.8 Å². The first-order valence-corrected chi connectivity index (χ1v) is 5.90. The molecule has 0 bridgehead atoms.